The molecule has 0 saturated carbocycles. The molecule has 0 saturated heterocycles. The van der Waals surface area contributed by atoms with Crippen molar-refractivity contribution in [3.63, 3.8) is 0 Å². The molecule has 2 aromatic carbocycles. The number of benzene rings is 2. The summed E-state index contributed by atoms with van der Waals surface area (Å²) in [5.41, 5.74) is 6.31. The molecular formula is C15H12ClFN2O2. The average Bonchev–Trinajstić information content (AvgIpc) is 2.40. The molecule has 0 unspecified atom stereocenters. The molecule has 0 bridgehead atoms. The highest BCUT2D eigenvalue weighted by atomic mass is 35.5. The number of carbonyl (C=O) groups is 2. The highest BCUT2D eigenvalue weighted by Crippen LogP contribution is 2.21. The molecule has 0 aromatic heterocycles. The second-order valence-electron chi connectivity index (χ2n) is 4.42. The van der Waals surface area contributed by atoms with E-state index in [2.05, 4.69) is 5.32 Å². The lowest BCUT2D eigenvalue weighted by atomic mass is 10.1. The lowest BCUT2D eigenvalue weighted by Crippen LogP contribution is -2.17. The number of nitrogens with one attached hydrogen (secondary N) is 1. The normalized spacial score (nSPS) is 10.2. The predicted octanol–water partition coefficient (Wildman–Crippen LogP) is 3.14. The number of nitrogens with two attached hydrogens (primary N) is 1. The van der Waals surface area contributed by atoms with E-state index in [1.54, 1.807) is 25.1 Å². The first-order valence-corrected chi connectivity index (χ1v) is 6.43. The van der Waals surface area contributed by atoms with Crippen LogP contribution in [0.5, 0.6) is 0 Å². The quantitative estimate of drug-likeness (QED) is 0.914. The van der Waals surface area contributed by atoms with Crippen molar-refractivity contribution in [3.8, 4) is 0 Å². The third kappa shape index (κ3) is 3.20. The molecule has 0 spiro atoms. The Labute approximate surface area is 125 Å². The Morgan fingerprint density at radius 2 is 1.90 bits per heavy atom. The molecule has 0 fully saturated rings. The van der Waals surface area contributed by atoms with Crippen molar-refractivity contribution in [2.24, 2.45) is 5.73 Å². The number of primary amides is 1. The Morgan fingerprint density at radius 3 is 2.52 bits per heavy atom. The molecule has 21 heavy (non-hydrogen) atoms. The summed E-state index contributed by atoms with van der Waals surface area (Å²) in [7, 11) is 0. The van der Waals surface area contributed by atoms with Crippen LogP contribution >= 0.6 is 11.6 Å². The third-order valence-corrected chi connectivity index (χ3v) is 3.26. The van der Waals surface area contributed by atoms with Crippen LogP contribution in [0, 0.1) is 12.7 Å². The van der Waals surface area contributed by atoms with Gasteiger partial charge in [-0.05, 0) is 42.8 Å². The second-order valence-corrected chi connectivity index (χ2v) is 4.86. The first-order valence-electron chi connectivity index (χ1n) is 6.06. The molecule has 0 heterocycles. The minimum atomic E-state index is -0.719. The van der Waals surface area contributed by atoms with Crippen molar-refractivity contribution in [1.29, 1.82) is 0 Å². The lowest BCUT2D eigenvalue weighted by Gasteiger charge is -2.11. The fourth-order valence-electron chi connectivity index (χ4n) is 1.90. The van der Waals surface area contributed by atoms with Crippen LogP contribution in [0.1, 0.15) is 26.3 Å². The minimum Gasteiger partial charge on any atom is -0.366 e. The Kier molecular flexibility index (Phi) is 4.23. The molecule has 2 aromatic rings. The summed E-state index contributed by atoms with van der Waals surface area (Å²) < 4.78 is 13.7. The van der Waals surface area contributed by atoms with Crippen LogP contribution in [0.4, 0.5) is 10.1 Å². The lowest BCUT2D eigenvalue weighted by molar-refractivity contribution is 0.0995. The van der Waals surface area contributed by atoms with Crippen molar-refractivity contribution in [1.82, 2.24) is 0 Å². The first kappa shape index (κ1) is 15.0. The molecule has 6 heteroatoms. The van der Waals surface area contributed by atoms with Crippen LogP contribution < -0.4 is 11.1 Å². The van der Waals surface area contributed by atoms with Gasteiger partial charge in [-0.15, -0.1) is 0 Å². The molecular weight excluding hydrogens is 295 g/mol. The minimum absolute atomic E-state index is 0.136. The molecule has 108 valence electrons. The maximum absolute atomic E-state index is 13.7. The van der Waals surface area contributed by atoms with E-state index in [1.165, 1.54) is 12.1 Å². The zero-order chi connectivity index (χ0) is 15.6. The van der Waals surface area contributed by atoms with Gasteiger partial charge in [0.05, 0.1) is 5.56 Å². The fourth-order valence-corrected chi connectivity index (χ4v) is 2.06. The van der Waals surface area contributed by atoms with Gasteiger partial charge in [0.25, 0.3) is 5.91 Å². The second kappa shape index (κ2) is 5.93. The standard InChI is InChI=1S/C15H12ClFN2O2/c1-8-10(14(18)20)3-2-4-13(8)19-15(21)11-6-5-9(16)7-12(11)17/h2-7H,1H3,(H2,18,20)(H,19,21). The van der Waals surface area contributed by atoms with Crippen LogP contribution in [0.15, 0.2) is 36.4 Å². The summed E-state index contributed by atoms with van der Waals surface area (Å²) in [5.74, 6) is -1.95. The average molecular weight is 307 g/mol. The number of hydrogen-bond donors (Lipinski definition) is 2. The molecule has 2 amide bonds. The van der Waals surface area contributed by atoms with Crippen LogP contribution in [-0.2, 0) is 0 Å². The van der Waals surface area contributed by atoms with Gasteiger partial charge in [-0.3, -0.25) is 9.59 Å². The Hall–Kier alpha value is -2.40. The van der Waals surface area contributed by atoms with E-state index in [1.807, 2.05) is 0 Å². The van der Waals surface area contributed by atoms with Gasteiger partial charge in [0.15, 0.2) is 0 Å². The maximum Gasteiger partial charge on any atom is 0.258 e. The van der Waals surface area contributed by atoms with Crippen LogP contribution in [0.3, 0.4) is 0 Å². The number of anilines is 1. The fraction of sp³-hybridized carbons (Fsp3) is 0.0667. The summed E-state index contributed by atoms with van der Waals surface area (Å²) in [6.45, 7) is 1.65. The largest absolute Gasteiger partial charge is 0.366 e. The van der Waals surface area contributed by atoms with Gasteiger partial charge in [0.1, 0.15) is 5.82 Å². The van der Waals surface area contributed by atoms with E-state index < -0.39 is 17.6 Å². The Balaban J connectivity index is 2.32. The highest BCUT2D eigenvalue weighted by Gasteiger charge is 2.15. The molecule has 0 aliphatic rings. The Bertz CT molecular complexity index is 732. The smallest absolute Gasteiger partial charge is 0.258 e. The summed E-state index contributed by atoms with van der Waals surface area (Å²) >= 11 is 5.64. The van der Waals surface area contributed by atoms with Gasteiger partial charge in [-0.1, -0.05) is 17.7 Å². The number of hydrogen-bond acceptors (Lipinski definition) is 2. The summed E-state index contributed by atoms with van der Waals surface area (Å²) in [4.78, 5) is 23.3. The summed E-state index contributed by atoms with van der Waals surface area (Å²) in [6.07, 6.45) is 0. The van der Waals surface area contributed by atoms with E-state index in [0.717, 1.165) is 6.07 Å². The van der Waals surface area contributed by atoms with Gasteiger partial charge in [0, 0.05) is 16.3 Å². The number of amides is 2. The molecule has 2 rings (SSSR count). The zero-order valence-electron chi connectivity index (χ0n) is 11.1. The van der Waals surface area contributed by atoms with Gasteiger partial charge >= 0.3 is 0 Å². The van der Waals surface area contributed by atoms with Crippen LogP contribution in [-0.4, -0.2) is 11.8 Å². The SMILES string of the molecule is Cc1c(NC(=O)c2ccc(Cl)cc2F)cccc1C(N)=O. The highest BCUT2D eigenvalue weighted by molar-refractivity contribution is 6.30. The third-order valence-electron chi connectivity index (χ3n) is 3.02. The van der Waals surface area contributed by atoms with Gasteiger partial charge in [-0.2, -0.15) is 0 Å². The summed E-state index contributed by atoms with van der Waals surface area (Å²) in [5, 5.41) is 2.76. The van der Waals surface area contributed by atoms with Crippen molar-refractivity contribution < 1.29 is 14.0 Å². The van der Waals surface area contributed by atoms with E-state index in [9.17, 15) is 14.0 Å². The van der Waals surface area contributed by atoms with E-state index in [4.69, 9.17) is 17.3 Å². The number of rotatable bonds is 3. The van der Waals surface area contributed by atoms with Crippen molar-refractivity contribution in [2.45, 2.75) is 6.92 Å². The first-order chi connectivity index (χ1) is 9.90. The van der Waals surface area contributed by atoms with E-state index >= 15 is 0 Å². The maximum atomic E-state index is 13.7. The topological polar surface area (TPSA) is 72.2 Å². The molecule has 0 aliphatic heterocycles. The van der Waals surface area contributed by atoms with E-state index in [-0.39, 0.29) is 10.6 Å². The van der Waals surface area contributed by atoms with Crippen molar-refractivity contribution in [2.75, 3.05) is 5.32 Å². The molecule has 0 aliphatic carbocycles. The number of halogens is 2. The van der Waals surface area contributed by atoms with E-state index in [0.29, 0.717) is 16.8 Å². The Morgan fingerprint density at radius 1 is 1.19 bits per heavy atom. The van der Waals surface area contributed by atoms with Gasteiger partial charge in [-0.25, -0.2) is 4.39 Å². The molecule has 3 N–H and O–H groups in total. The zero-order valence-corrected chi connectivity index (χ0v) is 11.9. The van der Waals surface area contributed by atoms with Crippen LogP contribution in [0.2, 0.25) is 5.02 Å². The summed E-state index contributed by atoms with van der Waals surface area (Å²) in [6, 6.07) is 8.51. The van der Waals surface area contributed by atoms with Gasteiger partial charge < -0.3 is 11.1 Å². The van der Waals surface area contributed by atoms with Crippen molar-refractivity contribution >= 4 is 29.1 Å². The van der Waals surface area contributed by atoms with Gasteiger partial charge in [0.2, 0.25) is 5.91 Å². The molecule has 0 atom stereocenters. The number of carbonyl (C=O) groups excluding carboxylic acids is 2. The van der Waals surface area contributed by atoms with Crippen molar-refractivity contribution in [3.05, 3.63) is 63.9 Å². The molecule has 4 nitrogen and oxygen atoms in total. The monoisotopic (exact) mass is 306 g/mol. The molecule has 0 radical (unpaired) electrons. The van der Waals surface area contributed by atoms with Crippen LogP contribution in [0.25, 0.3) is 0 Å². The predicted molar refractivity (Wildman–Crippen MR) is 79.1 cm³/mol.